The number of aryl methyl sites for hydroxylation is 2. The van der Waals surface area contributed by atoms with Crippen LogP contribution in [0.25, 0.3) is 0 Å². The second kappa shape index (κ2) is 9.08. The summed E-state index contributed by atoms with van der Waals surface area (Å²) in [5.74, 6) is 1.40. The third-order valence-electron chi connectivity index (χ3n) is 5.99. The van der Waals surface area contributed by atoms with E-state index in [1.54, 1.807) is 0 Å². The highest BCUT2D eigenvalue weighted by atomic mass is 16.2. The molecule has 154 valence electrons. The van der Waals surface area contributed by atoms with Crippen LogP contribution in [0, 0.1) is 25.7 Å². The molecule has 2 amide bonds. The maximum atomic E-state index is 12.7. The topological polar surface area (TPSA) is 52.7 Å². The zero-order valence-electron chi connectivity index (χ0n) is 17.8. The van der Waals surface area contributed by atoms with Crippen molar-refractivity contribution >= 4 is 17.5 Å². The maximum absolute atomic E-state index is 12.7. The van der Waals surface area contributed by atoms with Crippen LogP contribution in [0.15, 0.2) is 18.2 Å². The van der Waals surface area contributed by atoms with Crippen LogP contribution < -0.4 is 5.32 Å². The second-order valence-corrected chi connectivity index (χ2v) is 9.01. The molecule has 0 bridgehead atoms. The minimum atomic E-state index is 0.0111. The average molecular weight is 386 g/mol. The smallest absolute Gasteiger partial charge is 0.238 e. The molecule has 1 saturated carbocycles. The normalized spacial score (nSPS) is 22.4. The molecule has 28 heavy (non-hydrogen) atoms. The lowest BCUT2D eigenvalue weighted by Crippen LogP contribution is -2.44. The lowest BCUT2D eigenvalue weighted by atomic mass is 9.92. The summed E-state index contributed by atoms with van der Waals surface area (Å²) in [7, 11) is 0. The number of amides is 2. The Bertz CT molecular complexity index is 684. The van der Waals surface area contributed by atoms with Crippen LogP contribution >= 0.6 is 0 Å². The van der Waals surface area contributed by atoms with E-state index >= 15 is 0 Å². The van der Waals surface area contributed by atoms with Gasteiger partial charge in [0.2, 0.25) is 11.8 Å². The highest BCUT2D eigenvalue weighted by molar-refractivity contribution is 5.93. The zero-order valence-corrected chi connectivity index (χ0v) is 17.8. The van der Waals surface area contributed by atoms with Crippen LogP contribution in [0.2, 0.25) is 0 Å². The fraction of sp³-hybridized carbons (Fsp3) is 0.652. The van der Waals surface area contributed by atoms with E-state index in [1.165, 1.54) is 6.42 Å². The largest absolute Gasteiger partial charge is 0.342 e. The first kappa shape index (κ1) is 20.8. The Kier molecular flexibility index (Phi) is 6.76. The number of nitrogens with zero attached hydrogens (tertiary/aromatic N) is 2. The molecule has 2 atom stereocenters. The van der Waals surface area contributed by atoms with Crippen molar-refractivity contribution in [1.29, 1.82) is 0 Å². The van der Waals surface area contributed by atoms with E-state index in [4.69, 9.17) is 0 Å². The summed E-state index contributed by atoms with van der Waals surface area (Å²) in [6.45, 7) is 11.3. The summed E-state index contributed by atoms with van der Waals surface area (Å²) in [5.41, 5.74) is 3.07. The first-order chi connectivity index (χ1) is 13.3. The number of anilines is 1. The average Bonchev–Trinajstić information content (AvgIpc) is 3.46. The van der Waals surface area contributed by atoms with Crippen LogP contribution in [-0.4, -0.2) is 53.8 Å². The van der Waals surface area contributed by atoms with Gasteiger partial charge in [0.25, 0.3) is 0 Å². The minimum Gasteiger partial charge on any atom is -0.342 e. The Morgan fingerprint density at radius 1 is 1.11 bits per heavy atom. The third-order valence-corrected chi connectivity index (χ3v) is 5.99. The van der Waals surface area contributed by atoms with Crippen molar-refractivity contribution in [3.05, 3.63) is 29.3 Å². The molecule has 0 aromatic heterocycles. The number of piperidine rings is 1. The SMILES string of the molecule is Cc1cccc(C)c1NC(=O)CN(CCC(=O)N1CC(C)CC(C)C1)C1CC1. The Balaban J connectivity index is 1.52. The van der Waals surface area contributed by atoms with Crippen LogP contribution in [0.5, 0.6) is 0 Å². The quantitative estimate of drug-likeness (QED) is 0.780. The van der Waals surface area contributed by atoms with Gasteiger partial charge in [0.1, 0.15) is 0 Å². The van der Waals surface area contributed by atoms with E-state index in [2.05, 4.69) is 24.1 Å². The van der Waals surface area contributed by atoms with Crippen molar-refractivity contribution in [2.24, 2.45) is 11.8 Å². The van der Waals surface area contributed by atoms with Crippen molar-refractivity contribution in [2.75, 3.05) is 31.5 Å². The van der Waals surface area contributed by atoms with E-state index in [-0.39, 0.29) is 11.8 Å². The predicted octanol–water partition coefficient (Wildman–Crippen LogP) is 3.60. The van der Waals surface area contributed by atoms with Crippen molar-refractivity contribution in [2.45, 2.75) is 59.4 Å². The van der Waals surface area contributed by atoms with E-state index in [0.29, 0.717) is 37.4 Å². The van der Waals surface area contributed by atoms with E-state index in [9.17, 15) is 9.59 Å². The monoisotopic (exact) mass is 385 g/mol. The van der Waals surface area contributed by atoms with E-state index in [1.807, 2.05) is 36.9 Å². The highest BCUT2D eigenvalue weighted by Gasteiger charge is 2.32. The molecule has 1 aromatic carbocycles. The molecule has 5 nitrogen and oxygen atoms in total. The Hall–Kier alpha value is -1.88. The van der Waals surface area contributed by atoms with Gasteiger partial charge < -0.3 is 10.2 Å². The van der Waals surface area contributed by atoms with Crippen LogP contribution in [-0.2, 0) is 9.59 Å². The predicted molar refractivity (Wildman–Crippen MR) is 113 cm³/mol. The molecule has 5 heteroatoms. The van der Waals surface area contributed by atoms with Crippen molar-refractivity contribution in [3.63, 3.8) is 0 Å². The summed E-state index contributed by atoms with van der Waals surface area (Å²) in [5, 5.41) is 3.08. The van der Waals surface area contributed by atoms with Crippen molar-refractivity contribution < 1.29 is 9.59 Å². The fourth-order valence-electron chi connectivity index (χ4n) is 4.47. The molecule has 1 aromatic rings. The molecular formula is C23H35N3O2. The standard InChI is InChI=1S/C23H35N3O2/c1-16-12-17(2)14-26(13-16)22(28)10-11-25(20-8-9-20)15-21(27)24-23-18(3)6-5-7-19(23)4/h5-7,16-17,20H,8-15H2,1-4H3,(H,24,27). The van der Waals surface area contributed by atoms with E-state index < -0.39 is 0 Å². The van der Waals surface area contributed by atoms with E-state index in [0.717, 1.165) is 42.7 Å². The second-order valence-electron chi connectivity index (χ2n) is 9.01. The molecule has 2 aliphatic rings. The highest BCUT2D eigenvalue weighted by Crippen LogP contribution is 2.28. The number of benzene rings is 1. The Morgan fingerprint density at radius 3 is 2.29 bits per heavy atom. The summed E-state index contributed by atoms with van der Waals surface area (Å²) in [6.07, 6.45) is 3.97. The minimum absolute atomic E-state index is 0.0111. The summed E-state index contributed by atoms with van der Waals surface area (Å²) in [4.78, 5) is 29.6. The number of hydrogen-bond acceptors (Lipinski definition) is 3. The van der Waals surface area contributed by atoms with Crippen molar-refractivity contribution in [1.82, 2.24) is 9.80 Å². The Labute approximate surface area is 169 Å². The van der Waals surface area contributed by atoms with Crippen molar-refractivity contribution in [3.8, 4) is 0 Å². The van der Waals surface area contributed by atoms with Gasteiger partial charge in [-0.25, -0.2) is 0 Å². The number of carbonyl (C=O) groups is 2. The lowest BCUT2D eigenvalue weighted by molar-refractivity contribution is -0.134. The van der Waals surface area contributed by atoms with Gasteiger partial charge in [-0.1, -0.05) is 32.0 Å². The molecule has 2 unspecified atom stereocenters. The van der Waals surface area contributed by atoms with Gasteiger partial charge in [0.15, 0.2) is 0 Å². The van der Waals surface area contributed by atoms with Crippen LogP contribution in [0.3, 0.4) is 0 Å². The fourth-order valence-corrected chi connectivity index (χ4v) is 4.47. The summed E-state index contributed by atoms with van der Waals surface area (Å²) >= 11 is 0. The number of carbonyl (C=O) groups excluding carboxylic acids is 2. The molecule has 1 N–H and O–H groups in total. The molecule has 1 heterocycles. The van der Waals surface area contributed by atoms with Gasteiger partial charge >= 0.3 is 0 Å². The van der Waals surface area contributed by atoms with Gasteiger partial charge in [0, 0.05) is 37.8 Å². The number of rotatable bonds is 7. The molecule has 1 saturated heterocycles. The molecule has 2 fully saturated rings. The maximum Gasteiger partial charge on any atom is 0.238 e. The molecule has 0 spiro atoms. The lowest BCUT2D eigenvalue weighted by Gasteiger charge is -2.35. The van der Waals surface area contributed by atoms with Crippen LogP contribution in [0.4, 0.5) is 5.69 Å². The third kappa shape index (κ3) is 5.57. The van der Waals surface area contributed by atoms with Crippen LogP contribution in [0.1, 0.15) is 50.7 Å². The number of hydrogen-bond donors (Lipinski definition) is 1. The molecule has 0 radical (unpaired) electrons. The molecular weight excluding hydrogens is 350 g/mol. The Morgan fingerprint density at radius 2 is 1.71 bits per heavy atom. The van der Waals surface area contributed by atoms with Gasteiger partial charge in [0.05, 0.1) is 6.54 Å². The van der Waals surface area contributed by atoms with Gasteiger partial charge in [-0.15, -0.1) is 0 Å². The number of para-hydroxylation sites is 1. The van der Waals surface area contributed by atoms with Gasteiger partial charge in [-0.2, -0.15) is 0 Å². The molecule has 3 rings (SSSR count). The zero-order chi connectivity index (χ0) is 20.3. The van der Waals surface area contributed by atoms with Gasteiger partial charge in [-0.3, -0.25) is 14.5 Å². The number of nitrogens with one attached hydrogen (secondary N) is 1. The molecule has 1 aliphatic heterocycles. The summed E-state index contributed by atoms with van der Waals surface area (Å²) in [6, 6.07) is 6.49. The first-order valence-electron chi connectivity index (χ1n) is 10.7. The molecule has 1 aliphatic carbocycles. The summed E-state index contributed by atoms with van der Waals surface area (Å²) < 4.78 is 0. The number of likely N-dealkylation sites (tertiary alicyclic amines) is 1. The van der Waals surface area contributed by atoms with Gasteiger partial charge in [-0.05, 0) is 56.1 Å². The first-order valence-corrected chi connectivity index (χ1v) is 10.7.